The molecule has 0 amide bonds. The van der Waals surface area contributed by atoms with E-state index in [2.05, 4.69) is 9.71 Å². The van der Waals surface area contributed by atoms with E-state index < -0.39 is 15.9 Å². The lowest BCUT2D eigenvalue weighted by Crippen LogP contribution is -2.30. The van der Waals surface area contributed by atoms with Gasteiger partial charge in [0.05, 0.1) is 11.9 Å². The second-order valence-electron chi connectivity index (χ2n) is 8.53. The molecule has 2 N–H and O–H groups in total. The van der Waals surface area contributed by atoms with E-state index in [0.29, 0.717) is 39.9 Å². The number of fused-ring (bicyclic) bond motifs is 1. The van der Waals surface area contributed by atoms with Crippen molar-refractivity contribution in [3.63, 3.8) is 0 Å². The molecule has 0 spiro atoms. The van der Waals surface area contributed by atoms with Crippen molar-refractivity contribution in [3.8, 4) is 16.9 Å². The van der Waals surface area contributed by atoms with Gasteiger partial charge in [-0.1, -0.05) is 6.92 Å². The Morgan fingerprint density at radius 3 is 2.64 bits per heavy atom. The van der Waals surface area contributed by atoms with E-state index in [-0.39, 0.29) is 43.1 Å². The summed E-state index contributed by atoms with van der Waals surface area (Å²) in [5.41, 5.74) is 1.81. The molecule has 4 rings (SSSR count). The minimum Gasteiger partial charge on any atom is -0.490 e. The number of hydrogen-bond donors (Lipinski definition) is 2. The highest BCUT2D eigenvalue weighted by Gasteiger charge is 2.36. The van der Waals surface area contributed by atoms with Gasteiger partial charge in [-0.2, -0.15) is 0 Å². The van der Waals surface area contributed by atoms with E-state index in [0.717, 1.165) is 0 Å². The Hall–Kier alpha value is -2.88. The fourth-order valence-electron chi connectivity index (χ4n) is 4.20. The van der Waals surface area contributed by atoms with Crippen molar-refractivity contribution in [1.29, 1.82) is 0 Å². The Balaban J connectivity index is 1.79. The molecule has 1 fully saturated rings. The molecule has 2 heterocycles. The third-order valence-corrected chi connectivity index (χ3v) is 7.36. The molecule has 1 aromatic carbocycles. The molecule has 0 unspecified atom stereocenters. The Kier molecular flexibility index (Phi) is 6.22. The molecule has 0 atom stereocenters. The third kappa shape index (κ3) is 5.05. The van der Waals surface area contributed by atoms with E-state index in [9.17, 15) is 22.0 Å². The summed E-state index contributed by atoms with van der Waals surface area (Å²) in [7, 11) is -1.89. The van der Waals surface area contributed by atoms with Crippen molar-refractivity contribution in [2.24, 2.45) is 7.05 Å². The van der Waals surface area contributed by atoms with Gasteiger partial charge in [0.15, 0.2) is 0 Å². The summed E-state index contributed by atoms with van der Waals surface area (Å²) in [6.45, 7) is 1.78. The van der Waals surface area contributed by atoms with Gasteiger partial charge in [0.2, 0.25) is 15.9 Å². The van der Waals surface area contributed by atoms with Crippen LogP contribution in [0.4, 0.5) is 14.5 Å². The van der Waals surface area contributed by atoms with Crippen molar-refractivity contribution < 1.29 is 21.9 Å². The molecule has 0 saturated heterocycles. The first kappa shape index (κ1) is 23.3. The number of rotatable bonds is 7. The fourth-order valence-corrected chi connectivity index (χ4v) is 5.33. The number of pyridine rings is 1. The zero-order chi connectivity index (χ0) is 23.8. The molecule has 0 radical (unpaired) electrons. The number of nitrogens with one attached hydrogen (secondary N) is 2. The topological polar surface area (TPSA) is 93.2 Å². The van der Waals surface area contributed by atoms with Crippen LogP contribution >= 0.6 is 0 Å². The van der Waals surface area contributed by atoms with Crippen LogP contribution in [0.1, 0.15) is 39.0 Å². The summed E-state index contributed by atoms with van der Waals surface area (Å²) in [5, 5.41) is 0.659. The van der Waals surface area contributed by atoms with Crippen molar-refractivity contribution >= 4 is 26.6 Å². The van der Waals surface area contributed by atoms with E-state index in [1.54, 1.807) is 50.6 Å². The lowest BCUT2D eigenvalue weighted by atomic mass is 9.94. The second-order valence-corrected chi connectivity index (χ2v) is 10.4. The molecule has 0 bridgehead atoms. The first-order chi connectivity index (χ1) is 15.6. The average Bonchev–Trinajstić information content (AvgIpc) is 3.23. The fraction of sp³-hybridized carbons (Fsp3) is 0.435. The van der Waals surface area contributed by atoms with Gasteiger partial charge in [-0.15, -0.1) is 0 Å². The smallest absolute Gasteiger partial charge is 0.274 e. The summed E-state index contributed by atoms with van der Waals surface area (Å²) in [4.78, 5) is 15.4. The number of halogens is 2. The van der Waals surface area contributed by atoms with Crippen LogP contribution in [0.5, 0.6) is 5.75 Å². The second kappa shape index (κ2) is 8.81. The number of nitrogens with zero attached hydrogens (tertiary/aromatic N) is 1. The molecule has 1 aliphatic carbocycles. The van der Waals surface area contributed by atoms with Crippen LogP contribution in [0.15, 0.2) is 41.5 Å². The normalized spacial score (nSPS) is 16.7. The van der Waals surface area contributed by atoms with Crippen LogP contribution in [0.25, 0.3) is 22.0 Å². The number of sulfonamides is 1. The van der Waals surface area contributed by atoms with Crippen LogP contribution in [0, 0.1) is 0 Å². The highest BCUT2D eigenvalue weighted by atomic mass is 32.2. The maximum atomic E-state index is 13.6. The third-order valence-electron chi connectivity index (χ3n) is 5.87. The van der Waals surface area contributed by atoms with Gasteiger partial charge in [0, 0.05) is 54.5 Å². The summed E-state index contributed by atoms with van der Waals surface area (Å²) in [5.74, 6) is -2.23. The number of aromatic nitrogens is 2. The number of aryl methyl sites for hydroxylation is 1. The van der Waals surface area contributed by atoms with Crippen molar-refractivity contribution in [2.45, 2.75) is 51.1 Å². The van der Waals surface area contributed by atoms with E-state index in [1.807, 2.05) is 0 Å². The van der Waals surface area contributed by atoms with E-state index >= 15 is 0 Å². The minimum atomic E-state index is -3.52. The van der Waals surface area contributed by atoms with Gasteiger partial charge >= 0.3 is 0 Å². The van der Waals surface area contributed by atoms with Gasteiger partial charge < -0.3 is 14.3 Å². The summed E-state index contributed by atoms with van der Waals surface area (Å²) in [6.07, 6.45) is 3.41. The van der Waals surface area contributed by atoms with Crippen molar-refractivity contribution in [2.75, 3.05) is 10.5 Å². The summed E-state index contributed by atoms with van der Waals surface area (Å²) in [6, 6.07) is 6.67. The van der Waals surface area contributed by atoms with Gasteiger partial charge in [0.25, 0.3) is 5.56 Å². The van der Waals surface area contributed by atoms with Gasteiger partial charge in [-0.05, 0) is 43.5 Å². The lowest BCUT2D eigenvalue weighted by molar-refractivity contribution is -0.0581. The first-order valence-electron chi connectivity index (χ1n) is 10.9. The number of H-pyrrole nitrogens is 1. The molecule has 178 valence electrons. The van der Waals surface area contributed by atoms with Crippen LogP contribution < -0.4 is 15.0 Å². The molecule has 3 aromatic rings. The maximum absolute atomic E-state index is 13.6. The Morgan fingerprint density at radius 2 is 1.94 bits per heavy atom. The summed E-state index contributed by atoms with van der Waals surface area (Å²) < 4.78 is 62.0. The zero-order valence-electron chi connectivity index (χ0n) is 18.5. The number of hydrogen-bond acceptors (Lipinski definition) is 4. The number of ether oxygens (including phenoxy) is 1. The Morgan fingerprint density at radius 1 is 1.21 bits per heavy atom. The number of anilines is 1. The molecule has 2 aromatic heterocycles. The molecule has 1 saturated carbocycles. The standard InChI is InChI=1S/C23H27F2N3O4S/c1-3-12-33(30,31)27-15-4-5-20(32-16-6-9-23(24,25)10-7-16)18(13-15)19-14-28(2)22(29)21-17(19)8-11-26-21/h4-5,8,11,13-14,16,26-27H,3,6-7,9-10,12H2,1-2H3. The molecule has 7 nitrogen and oxygen atoms in total. The van der Waals surface area contributed by atoms with Crippen LogP contribution in [-0.2, 0) is 17.1 Å². The van der Waals surface area contributed by atoms with E-state index in [4.69, 9.17) is 4.74 Å². The van der Waals surface area contributed by atoms with E-state index in [1.165, 1.54) is 4.57 Å². The van der Waals surface area contributed by atoms with Crippen molar-refractivity contribution in [3.05, 3.63) is 47.0 Å². The lowest BCUT2D eigenvalue weighted by Gasteiger charge is -2.29. The minimum absolute atomic E-state index is 0.0151. The zero-order valence-corrected chi connectivity index (χ0v) is 19.3. The van der Waals surface area contributed by atoms with Gasteiger partial charge in [-0.25, -0.2) is 17.2 Å². The van der Waals surface area contributed by atoms with Crippen LogP contribution in [0.3, 0.4) is 0 Å². The molecule has 33 heavy (non-hydrogen) atoms. The summed E-state index contributed by atoms with van der Waals surface area (Å²) >= 11 is 0. The molecule has 0 aliphatic heterocycles. The van der Waals surface area contributed by atoms with Crippen LogP contribution in [0.2, 0.25) is 0 Å². The average molecular weight is 480 g/mol. The molecular formula is C23H27F2N3O4S. The maximum Gasteiger partial charge on any atom is 0.274 e. The Labute approximate surface area is 190 Å². The first-order valence-corrected chi connectivity index (χ1v) is 12.6. The predicted octanol–water partition coefficient (Wildman–Crippen LogP) is 4.64. The van der Waals surface area contributed by atoms with Crippen LogP contribution in [-0.4, -0.2) is 35.7 Å². The quantitative estimate of drug-likeness (QED) is 0.516. The highest BCUT2D eigenvalue weighted by Crippen LogP contribution is 2.40. The van der Waals surface area contributed by atoms with Gasteiger partial charge in [0.1, 0.15) is 11.3 Å². The highest BCUT2D eigenvalue weighted by molar-refractivity contribution is 7.92. The largest absolute Gasteiger partial charge is 0.490 e. The molecule has 10 heteroatoms. The SMILES string of the molecule is CCCS(=O)(=O)Nc1ccc(OC2CCC(F)(F)CC2)c(-c2cn(C)c(=O)c3[nH]ccc23)c1. The number of aromatic amines is 1. The Bertz CT molecular complexity index is 1320. The van der Waals surface area contributed by atoms with Gasteiger partial charge in [-0.3, -0.25) is 9.52 Å². The predicted molar refractivity (Wildman–Crippen MR) is 125 cm³/mol. The number of benzene rings is 1. The molecular weight excluding hydrogens is 452 g/mol. The number of alkyl halides is 2. The van der Waals surface area contributed by atoms with Crippen molar-refractivity contribution in [1.82, 2.24) is 9.55 Å². The monoisotopic (exact) mass is 479 g/mol. The molecule has 1 aliphatic rings.